The molecular formula is C30H26N2O5. The van der Waals surface area contributed by atoms with Crippen molar-refractivity contribution in [3.05, 3.63) is 101 Å². The van der Waals surface area contributed by atoms with Gasteiger partial charge in [-0.1, -0.05) is 36.4 Å². The monoisotopic (exact) mass is 494 g/mol. The van der Waals surface area contributed by atoms with Gasteiger partial charge in [0.25, 0.3) is 17.7 Å². The van der Waals surface area contributed by atoms with Crippen LogP contribution in [0.1, 0.15) is 36.6 Å². The molecule has 0 spiro atoms. The first-order valence-electron chi connectivity index (χ1n) is 11.9. The van der Waals surface area contributed by atoms with Crippen molar-refractivity contribution in [3.63, 3.8) is 0 Å². The molecule has 0 unspecified atom stereocenters. The first kappa shape index (κ1) is 24.1. The number of hydrogen-bond acceptors (Lipinski definition) is 5. The molecule has 0 aromatic heterocycles. The van der Waals surface area contributed by atoms with E-state index >= 15 is 0 Å². The lowest BCUT2D eigenvalue weighted by molar-refractivity contribution is 0.0611. The van der Waals surface area contributed by atoms with Crippen molar-refractivity contribution in [3.8, 4) is 11.5 Å². The zero-order valence-corrected chi connectivity index (χ0v) is 20.9. The number of rotatable bonds is 7. The molecule has 0 N–H and O–H groups in total. The highest BCUT2D eigenvalue weighted by Crippen LogP contribution is 2.30. The van der Waals surface area contributed by atoms with Gasteiger partial charge in [-0.25, -0.2) is 0 Å². The summed E-state index contributed by atoms with van der Waals surface area (Å²) in [6.45, 7) is 2.08. The maximum Gasteiger partial charge on any atom is 0.261 e. The Morgan fingerprint density at radius 1 is 0.811 bits per heavy atom. The summed E-state index contributed by atoms with van der Waals surface area (Å²) in [6.07, 6.45) is 0. The quantitative estimate of drug-likeness (QED) is 0.334. The summed E-state index contributed by atoms with van der Waals surface area (Å²) in [4.78, 5) is 43.4. The molecule has 1 aliphatic heterocycles. The summed E-state index contributed by atoms with van der Waals surface area (Å²) in [5, 5.41) is 1.52. The molecule has 7 nitrogen and oxygen atoms in total. The van der Waals surface area contributed by atoms with Gasteiger partial charge in [-0.05, 0) is 54.3 Å². The maximum absolute atomic E-state index is 13.8. The van der Waals surface area contributed by atoms with Gasteiger partial charge in [0.1, 0.15) is 11.5 Å². The van der Waals surface area contributed by atoms with Crippen molar-refractivity contribution >= 4 is 34.2 Å². The molecule has 0 aliphatic carbocycles. The second kappa shape index (κ2) is 9.78. The van der Waals surface area contributed by atoms with Crippen LogP contribution in [0.25, 0.3) is 10.8 Å². The van der Waals surface area contributed by atoms with Crippen LogP contribution in [-0.2, 0) is 0 Å². The molecule has 0 bridgehead atoms. The fourth-order valence-corrected chi connectivity index (χ4v) is 4.71. The van der Waals surface area contributed by atoms with Crippen molar-refractivity contribution in [1.82, 2.24) is 4.90 Å². The van der Waals surface area contributed by atoms with E-state index in [1.165, 1.54) is 19.1 Å². The van der Waals surface area contributed by atoms with Gasteiger partial charge >= 0.3 is 0 Å². The number of anilines is 1. The number of methoxy groups -OCH3 is 2. The summed E-state index contributed by atoms with van der Waals surface area (Å²) >= 11 is 0. The van der Waals surface area contributed by atoms with Gasteiger partial charge in [0, 0.05) is 46.9 Å². The van der Waals surface area contributed by atoms with Crippen LogP contribution >= 0.6 is 0 Å². The molecule has 4 aromatic carbocycles. The lowest BCUT2D eigenvalue weighted by Crippen LogP contribution is -2.46. The lowest BCUT2D eigenvalue weighted by Gasteiger charge is -2.30. The largest absolute Gasteiger partial charge is 0.497 e. The van der Waals surface area contributed by atoms with E-state index in [4.69, 9.17) is 9.47 Å². The van der Waals surface area contributed by atoms with Crippen LogP contribution in [0, 0.1) is 6.92 Å². The third-order valence-corrected chi connectivity index (χ3v) is 6.56. The summed E-state index contributed by atoms with van der Waals surface area (Å²) in [5.74, 6) is -0.0684. The fourth-order valence-electron chi connectivity index (χ4n) is 4.71. The molecule has 0 saturated carbocycles. The van der Waals surface area contributed by atoms with Gasteiger partial charge < -0.3 is 14.4 Å². The zero-order valence-electron chi connectivity index (χ0n) is 20.9. The Labute approximate surface area is 214 Å². The normalized spacial score (nSPS) is 12.6. The number of carbonyl (C=O) groups is 3. The number of hydrogen-bond donors (Lipinski definition) is 0. The van der Waals surface area contributed by atoms with Crippen molar-refractivity contribution in [2.24, 2.45) is 0 Å². The molecule has 0 fully saturated rings. The molecule has 5 rings (SSSR count). The average Bonchev–Trinajstić information content (AvgIpc) is 2.92. The van der Waals surface area contributed by atoms with Crippen LogP contribution in [0.2, 0.25) is 0 Å². The van der Waals surface area contributed by atoms with Gasteiger partial charge in [-0.3, -0.25) is 19.3 Å². The van der Waals surface area contributed by atoms with Gasteiger partial charge in [0.2, 0.25) is 0 Å². The highest BCUT2D eigenvalue weighted by atomic mass is 16.5. The molecule has 37 heavy (non-hydrogen) atoms. The molecule has 7 heteroatoms. The summed E-state index contributed by atoms with van der Waals surface area (Å²) < 4.78 is 10.7. The summed E-state index contributed by atoms with van der Waals surface area (Å²) in [7, 11) is 3.04. The minimum absolute atomic E-state index is 0.0309. The van der Waals surface area contributed by atoms with E-state index in [2.05, 4.69) is 0 Å². The molecule has 1 heterocycles. The number of carbonyl (C=O) groups excluding carboxylic acids is 3. The van der Waals surface area contributed by atoms with E-state index < -0.39 is 0 Å². The summed E-state index contributed by atoms with van der Waals surface area (Å²) in [6, 6.07) is 23.4. The minimum Gasteiger partial charge on any atom is -0.497 e. The molecule has 3 amide bonds. The number of nitrogens with zero attached hydrogens (tertiary/aromatic N) is 2. The zero-order chi connectivity index (χ0) is 26.1. The second-order valence-corrected chi connectivity index (χ2v) is 8.87. The molecule has 4 aromatic rings. The molecule has 0 saturated heterocycles. The van der Waals surface area contributed by atoms with Crippen LogP contribution in [0.5, 0.6) is 11.5 Å². The SMILES string of the molecule is COc1cc(OC)cc(C(=O)N(CCN2C(=O)c3cccc4cccc(c34)C2=O)c2cccc(C)c2)c1. The topological polar surface area (TPSA) is 76.2 Å². The van der Waals surface area contributed by atoms with Crippen molar-refractivity contribution in [2.45, 2.75) is 6.92 Å². The van der Waals surface area contributed by atoms with Crippen LogP contribution in [0.3, 0.4) is 0 Å². The van der Waals surface area contributed by atoms with Crippen LogP contribution in [0.4, 0.5) is 5.69 Å². The third kappa shape index (κ3) is 4.40. The van der Waals surface area contributed by atoms with E-state index in [-0.39, 0.29) is 30.8 Å². The smallest absolute Gasteiger partial charge is 0.261 e. The van der Waals surface area contributed by atoms with E-state index in [0.29, 0.717) is 39.3 Å². The fraction of sp³-hybridized carbons (Fsp3) is 0.167. The standard InChI is InChI=1S/C30H26N2O5/c1-19-7-4-10-22(15-19)31(28(33)21-16-23(36-2)18-24(17-21)37-3)13-14-32-29(34)25-11-5-8-20-9-6-12-26(27(20)25)30(32)35/h4-12,15-18H,13-14H2,1-3H3. The highest BCUT2D eigenvalue weighted by Gasteiger charge is 2.33. The molecule has 0 atom stereocenters. The van der Waals surface area contributed by atoms with Crippen molar-refractivity contribution in [2.75, 3.05) is 32.2 Å². The maximum atomic E-state index is 13.8. The lowest BCUT2D eigenvalue weighted by atomic mass is 9.94. The molecule has 1 aliphatic rings. The number of benzene rings is 4. The molecule has 0 radical (unpaired) electrons. The molecular weight excluding hydrogens is 468 g/mol. The Morgan fingerprint density at radius 2 is 1.41 bits per heavy atom. The predicted molar refractivity (Wildman–Crippen MR) is 142 cm³/mol. The van der Waals surface area contributed by atoms with Crippen LogP contribution in [0.15, 0.2) is 78.9 Å². The van der Waals surface area contributed by atoms with E-state index in [9.17, 15) is 14.4 Å². The van der Waals surface area contributed by atoms with Crippen LogP contribution in [-0.4, -0.2) is 49.9 Å². The Kier molecular flexibility index (Phi) is 6.36. The van der Waals surface area contributed by atoms with Crippen molar-refractivity contribution in [1.29, 1.82) is 0 Å². The van der Waals surface area contributed by atoms with Gasteiger partial charge in [0.05, 0.1) is 14.2 Å². The van der Waals surface area contributed by atoms with Gasteiger partial charge in [-0.15, -0.1) is 0 Å². The average molecular weight is 495 g/mol. The first-order chi connectivity index (χ1) is 17.9. The van der Waals surface area contributed by atoms with E-state index in [0.717, 1.165) is 10.9 Å². The number of imide groups is 1. The Hall–Kier alpha value is -4.65. The molecule has 186 valence electrons. The highest BCUT2D eigenvalue weighted by molar-refractivity contribution is 6.25. The second-order valence-electron chi connectivity index (χ2n) is 8.87. The Bertz CT molecular complexity index is 1470. The van der Waals surface area contributed by atoms with Crippen molar-refractivity contribution < 1.29 is 23.9 Å². The van der Waals surface area contributed by atoms with Crippen LogP contribution < -0.4 is 14.4 Å². The van der Waals surface area contributed by atoms with Gasteiger partial charge in [-0.2, -0.15) is 0 Å². The predicted octanol–water partition coefficient (Wildman–Crippen LogP) is 5.11. The summed E-state index contributed by atoms with van der Waals surface area (Å²) in [5.41, 5.74) is 2.97. The number of ether oxygens (including phenoxy) is 2. The Morgan fingerprint density at radius 3 is 1.97 bits per heavy atom. The minimum atomic E-state index is -0.367. The first-order valence-corrected chi connectivity index (χ1v) is 11.9. The Balaban J connectivity index is 1.49. The van der Waals surface area contributed by atoms with E-state index in [1.54, 1.807) is 35.2 Å². The third-order valence-electron chi connectivity index (χ3n) is 6.56. The van der Waals surface area contributed by atoms with Gasteiger partial charge in [0.15, 0.2) is 0 Å². The number of aryl methyl sites for hydroxylation is 1. The van der Waals surface area contributed by atoms with E-state index in [1.807, 2.05) is 55.5 Å². The number of amides is 3.